The Labute approximate surface area is 291 Å². The molecule has 0 bridgehead atoms. The van der Waals surface area contributed by atoms with Crippen molar-refractivity contribution in [3.8, 4) is 44.5 Å². The molecule has 0 aliphatic heterocycles. The standard InChI is InChI=1S/C50H32/c1-2-13-35(14-3-1)47-32-39-16-6-7-17-41(39)48-31-38(28-29-42(47)48)34-22-25-36(26-23-34)49-43-18-8-10-20-45(43)50(46-21-11-9-19-44(46)49)40-27-24-33-12-4-5-15-37(33)30-40/h1-32H. The van der Waals surface area contributed by atoms with E-state index in [0.717, 1.165) is 0 Å². The van der Waals surface area contributed by atoms with E-state index >= 15 is 0 Å². The Morgan fingerprint density at radius 2 is 0.700 bits per heavy atom. The molecule has 10 aromatic rings. The number of hydrogen-bond donors (Lipinski definition) is 0. The summed E-state index contributed by atoms with van der Waals surface area (Å²) in [5, 5.41) is 12.7. The molecular weight excluding hydrogens is 601 g/mol. The normalized spacial score (nSPS) is 11.6. The summed E-state index contributed by atoms with van der Waals surface area (Å²) in [5.41, 5.74) is 10.00. The minimum Gasteiger partial charge on any atom is -0.0622 e. The van der Waals surface area contributed by atoms with Gasteiger partial charge in [-0.3, -0.25) is 0 Å². The van der Waals surface area contributed by atoms with E-state index in [1.807, 2.05) is 0 Å². The van der Waals surface area contributed by atoms with Crippen molar-refractivity contribution in [1.82, 2.24) is 0 Å². The largest absolute Gasteiger partial charge is 0.0622 e. The van der Waals surface area contributed by atoms with E-state index in [2.05, 4.69) is 194 Å². The summed E-state index contributed by atoms with van der Waals surface area (Å²) < 4.78 is 0. The minimum atomic E-state index is 1.21. The molecule has 0 saturated heterocycles. The van der Waals surface area contributed by atoms with Crippen LogP contribution in [-0.4, -0.2) is 0 Å². The third-order valence-electron chi connectivity index (χ3n) is 10.4. The summed E-state index contributed by atoms with van der Waals surface area (Å²) >= 11 is 0. The van der Waals surface area contributed by atoms with Crippen LogP contribution in [0.3, 0.4) is 0 Å². The van der Waals surface area contributed by atoms with Crippen molar-refractivity contribution in [2.24, 2.45) is 0 Å². The molecule has 0 unspecified atom stereocenters. The lowest BCUT2D eigenvalue weighted by Gasteiger charge is -2.18. The monoisotopic (exact) mass is 632 g/mol. The van der Waals surface area contributed by atoms with E-state index < -0.39 is 0 Å². The second kappa shape index (κ2) is 11.6. The molecule has 0 nitrogen and oxygen atoms in total. The van der Waals surface area contributed by atoms with Gasteiger partial charge in [0, 0.05) is 0 Å². The molecule has 0 aromatic heterocycles. The quantitative estimate of drug-likeness (QED) is 0.134. The van der Waals surface area contributed by atoms with Gasteiger partial charge in [-0.2, -0.15) is 0 Å². The predicted octanol–water partition coefficient (Wildman–Crippen LogP) is 14.1. The van der Waals surface area contributed by atoms with Crippen molar-refractivity contribution in [3.05, 3.63) is 194 Å². The second-order valence-corrected chi connectivity index (χ2v) is 13.3. The highest BCUT2D eigenvalue weighted by molar-refractivity contribution is 6.22. The molecule has 0 heterocycles. The van der Waals surface area contributed by atoms with Gasteiger partial charge in [0.25, 0.3) is 0 Å². The van der Waals surface area contributed by atoms with Crippen LogP contribution >= 0.6 is 0 Å². The van der Waals surface area contributed by atoms with E-state index in [1.54, 1.807) is 0 Å². The van der Waals surface area contributed by atoms with Gasteiger partial charge in [-0.25, -0.2) is 0 Å². The minimum absolute atomic E-state index is 1.21. The van der Waals surface area contributed by atoms with E-state index in [1.165, 1.54) is 98.4 Å². The third-order valence-corrected chi connectivity index (χ3v) is 10.4. The summed E-state index contributed by atoms with van der Waals surface area (Å²) in [6.45, 7) is 0. The number of rotatable bonds is 4. The number of fused-ring (bicyclic) bond motifs is 6. The summed E-state index contributed by atoms with van der Waals surface area (Å²) in [4.78, 5) is 0. The Kier molecular flexibility index (Phi) is 6.60. The van der Waals surface area contributed by atoms with Crippen LogP contribution in [0.4, 0.5) is 0 Å². The van der Waals surface area contributed by atoms with Gasteiger partial charge in [0.1, 0.15) is 0 Å². The van der Waals surface area contributed by atoms with Gasteiger partial charge in [0.05, 0.1) is 0 Å². The van der Waals surface area contributed by atoms with Crippen molar-refractivity contribution in [1.29, 1.82) is 0 Å². The van der Waals surface area contributed by atoms with Crippen LogP contribution in [0.25, 0.3) is 98.4 Å². The van der Waals surface area contributed by atoms with E-state index in [0.29, 0.717) is 0 Å². The average Bonchev–Trinajstić information content (AvgIpc) is 3.19. The average molecular weight is 633 g/mol. The Bertz CT molecular complexity index is 2840. The van der Waals surface area contributed by atoms with Crippen molar-refractivity contribution >= 4 is 53.9 Å². The molecule has 0 aliphatic rings. The maximum atomic E-state index is 2.38. The maximum absolute atomic E-state index is 2.38. The lowest BCUT2D eigenvalue weighted by molar-refractivity contribution is 1.62. The SMILES string of the molecule is c1ccc(-c2cc3ccccc3c3cc(-c4ccc(-c5c6ccccc6c(-c6ccc7ccccc7c6)c6ccccc56)cc4)ccc23)cc1. The fourth-order valence-corrected chi connectivity index (χ4v) is 8.06. The van der Waals surface area contributed by atoms with Crippen LogP contribution in [-0.2, 0) is 0 Å². The van der Waals surface area contributed by atoms with Crippen LogP contribution in [0.1, 0.15) is 0 Å². The first-order valence-electron chi connectivity index (χ1n) is 17.3. The highest BCUT2D eigenvalue weighted by Gasteiger charge is 2.17. The summed E-state index contributed by atoms with van der Waals surface area (Å²) in [7, 11) is 0. The fraction of sp³-hybridized carbons (Fsp3) is 0. The van der Waals surface area contributed by atoms with Crippen molar-refractivity contribution in [3.63, 3.8) is 0 Å². The zero-order valence-corrected chi connectivity index (χ0v) is 27.5. The van der Waals surface area contributed by atoms with Gasteiger partial charge in [-0.05, 0) is 117 Å². The smallest absolute Gasteiger partial charge is 0.00262 e. The van der Waals surface area contributed by atoms with Crippen molar-refractivity contribution < 1.29 is 0 Å². The molecule has 0 heteroatoms. The number of hydrogen-bond acceptors (Lipinski definition) is 0. The summed E-state index contributed by atoms with van der Waals surface area (Å²) in [5.74, 6) is 0. The fourth-order valence-electron chi connectivity index (χ4n) is 8.06. The van der Waals surface area contributed by atoms with Gasteiger partial charge in [-0.15, -0.1) is 0 Å². The number of benzene rings is 10. The molecule has 0 radical (unpaired) electrons. The Balaban J connectivity index is 1.13. The first-order valence-corrected chi connectivity index (χ1v) is 17.3. The third kappa shape index (κ3) is 4.61. The summed E-state index contributed by atoms with van der Waals surface area (Å²) in [6, 6.07) is 71.3. The molecule has 0 N–H and O–H groups in total. The first-order chi connectivity index (χ1) is 24.8. The maximum Gasteiger partial charge on any atom is -0.00262 e. The molecule has 0 spiro atoms. The van der Waals surface area contributed by atoms with Crippen LogP contribution < -0.4 is 0 Å². The van der Waals surface area contributed by atoms with Gasteiger partial charge >= 0.3 is 0 Å². The van der Waals surface area contributed by atoms with Crippen LogP contribution in [0.15, 0.2) is 194 Å². The Morgan fingerprint density at radius 1 is 0.200 bits per heavy atom. The molecule has 10 rings (SSSR count). The lowest BCUT2D eigenvalue weighted by atomic mass is 9.85. The highest BCUT2D eigenvalue weighted by Crippen LogP contribution is 2.44. The van der Waals surface area contributed by atoms with Gasteiger partial charge in [-0.1, -0.05) is 176 Å². The molecule has 232 valence electrons. The van der Waals surface area contributed by atoms with E-state index in [9.17, 15) is 0 Å². The first kappa shape index (κ1) is 28.5. The van der Waals surface area contributed by atoms with Crippen LogP contribution in [0, 0.1) is 0 Å². The Morgan fingerprint density at radius 3 is 1.38 bits per heavy atom. The van der Waals surface area contributed by atoms with Crippen molar-refractivity contribution in [2.45, 2.75) is 0 Å². The van der Waals surface area contributed by atoms with Gasteiger partial charge in [0.15, 0.2) is 0 Å². The van der Waals surface area contributed by atoms with Crippen molar-refractivity contribution in [2.75, 3.05) is 0 Å². The zero-order chi connectivity index (χ0) is 33.0. The molecule has 50 heavy (non-hydrogen) atoms. The molecular formula is C50H32. The highest BCUT2D eigenvalue weighted by atomic mass is 14.2. The van der Waals surface area contributed by atoms with E-state index in [-0.39, 0.29) is 0 Å². The molecule has 10 aromatic carbocycles. The van der Waals surface area contributed by atoms with E-state index in [4.69, 9.17) is 0 Å². The molecule has 0 amide bonds. The Hall–Kier alpha value is -6.50. The zero-order valence-electron chi connectivity index (χ0n) is 27.5. The van der Waals surface area contributed by atoms with Crippen LogP contribution in [0.2, 0.25) is 0 Å². The van der Waals surface area contributed by atoms with Gasteiger partial charge < -0.3 is 0 Å². The molecule has 0 atom stereocenters. The predicted molar refractivity (Wildman–Crippen MR) is 216 cm³/mol. The van der Waals surface area contributed by atoms with Crippen LogP contribution in [0.5, 0.6) is 0 Å². The second-order valence-electron chi connectivity index (χ2n) is 13.3. The molecule has 0 saturated carbocycles. The molecule has 0 fully saturated rings. The van der Waals surface area contributed by atoms with Gasteiger partial charge in [0.2, 0.25) is 0 Å². The lowest BCUT2D eigenvalue weighted by Crippen LogP contribution is -1.91. The summed E-state index contributed by atoms with van der Waals surface area (Å²) in [6.07, 6.45) is 0. The molecule has 0 aliphatic carbocycles. The topological polar surface area (TPSA) is 0 Å².